The standard InChI is InChI=1S/C15H16N6O2/c1-9-5-8-20(2)14-17-7-4-11(18-14)21-12-10(23-9)3-6-16-13(12)19-15(21)22/h3-4,6-7,9H,5,8H2,1-2H3,(H,16,19,22)/t9-/m0/s1. The zero-order chi connectivity index (χ0) is 16.0. The lowest BCUT2D eigenvalue weighted by molar-refractivity contribution is 0.215. The molecule has 2 bridgehead atoms. The average molecular weight is 312 g/mol. The Balaban J connectivity index is 2.06. The summed E-state index contributed by atoms with van der Waals surface area (Å²) in [6.07, 6.45) is 4.07. The van der Waals surface area contributed by atoms with E-state index in [-0.39, 0.29) is 11.8 Å². The van der Waals surface area contributed by atoms with Gasteiger partial charge in [-0.05, 0) is 6.92 Å². The van der Waals surface area contributed by atoms with Crippen LogP contribution in [0.25, 0.3) is 17.0 Å². The fraction of sp³-hybridized carbons (Fsp3) is 0.333. The van der Waals surface area contributed by atoms with E-state index in [0.717, 1.165) is 13.0 Å². The molecule has 0 radical (unpaired) electrons. The third-order valence-electron chi connectivity index (χ3n) is 3.94. The number of rotatable bonds is 0. The largest absolute Gasteiger partial charge is 0.488 e. The number of aromatic nitrogens is 5. The molecule has 1 aliphatic heterocycles. The van der Waals surface area contributed by atoms with E-state index >= 15 is 0 Å². The van der Waals surface area contributed by atoms with Crippen LogP contribution in [0.4, 0.5) is 5.95 Å². The van der Waals surface area contributed by atoms with Crippen LogP contribution in [-0.2, 0) is 0 Å². The number of ether oxygens (including phenoxy) is 1. The maximum absolute atomic E-state index is 12.4. The van der Waals surface area contributed by atoms with E-state index in [4.69, 9.17) is 4.74 Å². The quantitative estimate of drug-likeness (QED) is 0.669. The molecule has 3 aromatic heterocycles. The summed E-state index contributed by atoms with van der Waals surface area (Å²) in [5.41, 5.74) is 0.772. The van der Waals surface area contributed by atoms with Gasteiger partial charge in [-0.3, -0.25) is 4.98 Å². The van der Waals surface area contributed by atoms with Crippen LogP contribution in [0.15, 0.2) is 29.3 Å². The molecular formula is C15H16N6O2. The van der Waals surface area contributed by atoms with Gasteiger partial charge in [0, 0.05) is 44.5 Å². The second-order valence-corrected chi connectivity index (χ2v) is 5.63. The Morgan fingerprint density at radius 2 is 2.13 bits per heavy atom. The van der Waals surface area contributed by atoms with Gasteiger partial charge in [0.05, 0.1) is 6.10 Å². The summed E-state index contributed by atoms with van der Waals surface area (Å²) in [4.78, 5) is 30.1. The van der Waals surface area contributed by atoms with E-state index in [1.54, 1.807) is 24.5 Å². The summed E-state index contributed by atoms with van der Waals surface area (Å²) < 4.78 is 7.53. The van der Waals surface area contributed by atoms with Gasteiger partial charge < -0.3 is 9.64 Å². The second kappa shape index (κ2) is 5.08. The minimum atomic E-state index is -0.303. The van der Waals surface area contributed by atoms with E-state index in [2.05, 4.69) is 19.9 Å². The van der Waals surface area contributed by atoms with Crippen LogP contribution >= 0.6 is 0 Å². The molecule has 0 amide bonds. The van der Waals surface area contributed by atoms with Crippen LogP contribution in [0.3, 0.4) is 0 Å². The molecule has 0 fully saturated rings. The molecule has 8 nitrogen and oxygen atoms in total. The Morgan fingerprint density at radius 1 is 1.30 bits per heavy atom. The molecule has 1 N–H and O–H groups in total. The molecule has 0 spiro atoms. The molecule has 0 unspecified atom stereocenters. The highest BCUT2D eigenvalue weighted by Gasteiger charge is 2.19. The zero-order valence-electron chi connectivity index (χ0n) is 12.9. The van der Waals surface area contributed by atoms with Crippen molar-refractivity contribution in [3.05, 3.63) is 35.0 Å². The molecule has 4 rings (SSSR count). The molecule has 0 aromatic carbocycles. The maximum atomic E-state index is 12.4. The predicted molar refractivity (Wildman–Crippen MR) is 85.3 cm³/mol. The van der Waals surface area contributed by atoms with Gasteiger partial charge in [0.15, 0.2) is 5.65 Å². The highest BCUT2D eigenvalue weighted by Crippen LogP contribution is 2.26. The number of anilines is 1. The van der Waals surface area contributed by atoms with Crippen molar-refractivity contribution in [2.45, 2.75) is 19.4 Å². The van der Waals surface area contributed by atoms with E-state index in [9.17, 15) is 4.79 Å². The topological polar surface area (TPSA) is 88.9 Å². The molecule has 23 heavy (non-hydrogen) atoms. The minimum Gasteiger partial charge on any atom is -0.488 e. The predicted octanol–water partition coefficient (Wildman–Crippen LogP) is 1.11. The fourth-order valence-electron chi connectivity index (χ4n) is 2.72. The summed E-state index contributed by atoms with van der Waals surface area (Å²) in [5.74, 6) is 1.68. The second-order valence-electron chi connectivity index (χ2n) is 5.63. The van der Waals surface area contributed by atoms with Gasteiger partial charge in [-0.25, -0.2) is 19.3 Å². The van der Waals surface area contributed by atoms with Gasteiger partial charge in [-0.15, -0.1) is 0 Å². The molecule has 1 aliphatic rings. The number of imidazole rings is 1. The minimum absolute atomic E-state index is 0.0157. The van der Waals surface area contributed by atoms with Crippen LogP contribution in [-0.4, -0.2) is 44.2 Å². The van der Waals surface area contributed by atoms with Gasteiger partial charge in [-0.2, -0.15) is 4.98 Å². The van der Waals surface area contributed by atoms with Crippen LogP contribution < -0.4 is 15.3 Å². The zero-order valence-corrected chi connectivity index (χ0v) is 12.9. The first kappa shape index (κ1) is 13.7. The summed E-state index contributed by atoms with van der Waals surface area (Å²) in [7, 11) is 1.92. The molecule has 3 aromatic rings. The highest BCUT2D eigenvalue weighted by molar-refractivity contribution is 5.80. The third-order valence-corrected chi connectivity index (χ3v) is 3.94. The number of fused-ring (bicyclic) bond motifs is 3. The summed E-state index contributed by atoms with van der Waals surface area (Å²) in [5, 5.41) is 0. The van der Waals surface area contributed by atoms with Crippen LogP contribution in [0.1, 0.15) is 13.3 Å². The van der Waals surface area contributed by atoms with Crippen molar-refractivity contribution in [1.82, 2.24) is 24.5 Å². The van der Waals surface area contributed by atoms with Gasteiger partial charge in [-0.1, -0.05) is 0 Å². The molecule has 0 saturated heterocycles. The molecule has 8 heteroatoms. The Bertz CT molecular complexity index is 931. The number of nitrogens with zero attached hydrogens (tertiary/aromatic N) is 5. The maximum Gasteiger partial charge on any atom is 0.333 e. The molecule has 118 valence electrons. The number of hydrogen-bond donors (Lipinski definition) is 1. The van der Waals surface area contributed by atoms with Crippen molar-refractivity contribution >= 4 is 17.1 Å². The van der Waals surface area contributed by atoms with Crippen molar-refractivity contribution in [2.24, 2.45) is 0 Å². The molecule has 1 atom stereocenters. The SMILES string of the molecule is C[C@H]1CCN(C)c2nccc(n2)-n2c(=O)[nH]c3nccc(c32)O1. The van der Waals surface area contributed by atoms with Gasteiger partial charge in [0.2, 0.25) is 5.95 Å². The van der Waals surface area contributed by atoms with Crippen molar-refractivity contribution in [1.29, 1.82) is 0 Å². The van der Waals surface area contributed by atoms with Crippen LogP contribution in [0.2, 0.25) is 0 Å². The lowest BCUT2D eigenvalue weighted by atomic mass is 10.2. The Kier molecular flexibility index (Phi) is 3.03. The van der Waals surface area contributed by atoms with Crippen molar-refractivity contribution in [3.63, 3.8) is 0 Å². The average Bonchev–Trinajstić information content (AvgIpc) is 2.88. The summed E-state index contributed by atoms with van der Waals surface area (Å²) >= 11 is 0. The van der Waals surface area contributed by atoms with Gasteiger partial charge >= 0.3 is 5.69 Å². The smallest absolute Gasteiger partial charge is 0.333 e. The third kappa shape index (κ3) is 2.23. The highest BCUT2D eigenvalue weighted by atomic mass is 16.5. The summed E-state index contributed by atoms with van der Waals surface area (Å²) in [6, 6.07) is 3.47. The first-order valence-electron chi connectivity index (χ1n) is 7.44. The number of aromatic amines is 1. The molecule has 0 aliphatic carbocycles. The molecule has 4 heterocycles. The normalized spacial score (nSPS) is 17.7. The van der Waals surface area contributed by atoms with Crippen molar-refractivity contribution in [2.75, 3.05) is 18.5 Å². The van der Waals surface area contributed by atoms with Crippen molar-refractivity contribution in [3.8, 4) is 11.6 Å². The van der Waals surface area contributed by atoms with Crippen LogP contribution in [0, 0.1) is 0 Å². The first-order valence-corrected chi connectivity index (χ1v) is 7.44. The number of hydrogen-bond acceptors (Lipinski definition) is 6. The van der Waals surface area contributed by atoms with E-state index < -0.39 is 0 Å². The van der Waals surface area contributed by atoms with Gasteiger partial charge in [0.25, 0.3) is 0 Å². The van der Waals surface area contributed by atoms with Gasteiger partial charge in [0.1, 0.15) is 17.1 Å². The number of nitrogens with one attached hydrogen (secondary N) is 1. The number of pyridine rings is 1. The Morgan fingerprint density at radius 3 is 3.00 bits per heavy atom. The Labute approximate surface area is 131 Å². The summed E-state index contributed by atoms with van der Waals surface area (Å²) in [6.45, 7) is 2.76. The lowest BCUT2D eigenvalue weighted by Crippen LogP contribution is -2.26. The van der Waals surface area contributed by atoms with Crippen molar-refractivity contribution < 1.29 is 4.74 Å². The fourth-order valence-corrected chi connectivity index (χ4v) is 2.72. The first-order chi connectivity index (χ1) is 11.1. The molecule has 0 saturated carbocycles. The number of H-pyrrole nitrogens is 1. The monoisotopic (exact) mass is 312 g/mol. The van der Waals surface area contributed by atoms with E-state index in [1.165, 1.54) is 4.57 Å². The van der Waals surface area contributed by atoms with E-state index in [1.807, 2.05) is 18.9 Å². The van der Waals surface area contributed by atoms with Crippen LogP contribution in [0.5, 0.6) is 5.75 Å². The van der Waals surface area contributed by atoms with E-state index in [0.29, 0.717) is 28.7 Å². The molecular weight excluding hydrogens is 296 g/mol. The Hall–Kier alpha value is -2.90. The lowest BCUT2D eigenvalue weighted by Gasteiger charge is -2.19.